The van der Waals surface area contributed by atoms with Crippen molar-refractivity contribution in [3.63, 3.8) is 0 Å². The third-order valence-corrected chi connectivity index (χ3v) is 6.74. The number of piperidine rings is 1. The number of amides is 1. The van der Waals surface area contributed by atoms with Crippen LogP contribution in [0.2, 0.25) is 0 Å². The zero-order chi connectivity index (χ0) is 18.7. The third kappa shape index (κ3) is 4.06. The predicted molar refractivity (Wildman–Crippen MR) is 111 cm³/mol. The third-order valence-electron chi connectivity index (χ3n) is 6.05. The van der Waals surface area contributed by atoms with Crippen molar-refractivity contribution in [2.45, 2.75) is 57.8 Å². The van der Waals surface area contributed by atoms with E-state index < -0.39 is 0 Å². The fraction of sp³-hybridized carbons (Fsp3) is 0.500. The Morgan fingerprint density at radius 1 is 1.19 bits per heavy atom. The van der Waals surface area contributed by atoms with Crippen molar-refractivity contribution in [1.82, 2.24) is 10.2 Å². The molecule has 1 fully saturated rings. The van der Waals surface area contributed by atoms with Crippen LogP contribution < -0.4 is 5.32 Å². The average molecular weight is 417 g/mol. The van der Waals surface area contributed by atoms with E-state index in [0.717, 1.165) is 56.6 Å². The Bertz CT molecular complexity index is 729. The quantitative estimate of drug-likeness (QED) is 0.723. The molecule has 0 aromatic heterocycles. The van der Waals surface area contributed by atoms with Crippen LogP contribution in [0.3, 0.4) is 0 Å². The van der Waals surface area contributed by atoms with Gasteiger partial charge in [0.1, 0.15) is 5.82 Å². The molecular formula is C22H29BrN2O. The molecule has 1 amide bonds. The van der Waals surface area contributed by atoms with Crippen LogP contribution in [0.15, 0.2) is 52.3 Å². The fourth-order valence-electron chi connectivity index (χ4n) is 4.14. The van der Waals surface area contributed by atoms with Gasteiger partial charge < -0.3 is 10.2 Å². The Morgan fingerprint density at radius 3 is 2.50 bits per heavy atom. The lowest BCUT2D eigenvalue weighted by atomic mass is 9.74. The lowest BCUT2D eigenvalue weighted by Crippen LogP contribution is -2.44. The SMILES string of the molecule is C=C(NC(=O)C1=C(C)CCCC1)N1CCC(C)(c2ccccc2Br)CC1. The highest BCUT2D eigenvalue weighted by atomic mass is 79.9. The van der Waals surface area contributed by atoms with Crippen LogP contribution in [0.1, 0.15) is 57.9 Å². The highest BCUT2D eigenvalue weighted by Crippen LogP contribution is 2.39. The van der Waals surface area contributed by atoms with Crippen molar-refractivity contribution in [2.75, 3.05) is 13.1 Å². The molecule has 0 unspecified atom stereocenters. The van der Waals surface area contributed by atoms with Gasteiger partial charge in [-0.1, -0.05) is 53.2 Å². The van der Waals surface area contributed by atoms with Crippen LogP contribution in [-0.2, 0) is 10.2 Å². The molecule has 0 saturated carbocycles. The summed E-state index contributed by atoms with van der Waals surface area (Å²) in [4.78, 5) is 14.8. The Kier molecular flexibility index (Phi) is 5.91. The second-order valence-electron chi connectivity index (χ2n) is 7.89. The van der Waals surface area contributed by atoms with Gasteiger partial charge in [-0.2, -0.15) is 0 Å². The number of allylic oxidation sites excluding steroid dienone is 1. The molecule has 1 aromatic carbocycles. The first kappa shape index (κ1) is 19.2. The van der Waals surface area contributed by atoms with Gasteiger partial charge in [0.25, 0.3) is 5.91 Å². The highest BCUT2D eigenvalue weighted by Gasteiger charge is 2.33. The van der Waals surface area contributed by atoms with Crippen molar-refractivity contribution in [3.8, 4) is 0 Å². The first-order chi connectivity index (χ1) is 12.4. The molecule has 0 radical (unpaired) electrons. The maximum Gasteiger partial charge on any atom is 0.252 e. The highest BCUT2D eigenvalue weighted by molar-refractivity contribution is 9.10. The molecular weight excluding hydrogens is 388 g/mol. The van der Waals surface area contributed by atoms with Gasteiger partial charge in [-0.25, -0.2) is 0 Å². The van der Waals surface area contributed by atoms with Gasteiger partial charge in [0.2, 0.25) is 0 Å². The molecule has 1 saturated heterocycles. The summed E-state index contributed by atoms with van der Waals surface area (Å²) in [5.74, 6) is 0.793. The Balaban J connectivity index is 1.60. The van der Waals surface area contributed by atoms with Crippen LogP contribution in [0.25, 0.3) is 0 Å². The van der Waals surface area contributed by atoms with Crippen molar-refractivity contribution >= 4 is 21.8 Å². The van der Waals surface area contributed by atoms with Gasteiger partial charge in [0, 0.05) is 23.1 Å². The number of hydrogen-bond donors (Lipinski definition) is 1. The molecule has 1 aromatic rings. The number of rotatable bonds is 4. The van der Waals surface area contributed by atoms with E-state index >= 15 is 0 Å². The van der Waals surface area contributed by atoms with Crippen LogP contribution in [0.5, 0.6) is 0 Å². The standard InChI is InChI=1S/C22H29BrN2O/c1-16-8-4-5-9-18(16)21(26)24-17(2)25-14-12-22(3,13-15-25)19-10-6-7-11-20(19)23/h6-7,10-11H,2,4-5,8-9,12-15H2,1,3H3,(H,24,26). The predicted octanol–water partition coefficient (Wildman–Crippen LogP) is 5.28. The number of nitrogens with zero attached hydrogens (tertiary/aromatic N) is 1. The topological polar surface area (TPSA) is 32.3 Å². The van der Waals surface area contributed by atoms with Crippen LogP contribution >= 0.6 is 15.9 Å². The molecule has 0 bridgehead atoms. The lowest BCUT2D eigenvalue weighted by molar-refractivity contribution is -0.117. The minimum atomic E-state index is 0.0475. The van der Waals surface area contributed by atoms with Crippen molar-refractivity contribution in [2.24, 2.45) is 0 Å². The Hall–Kier alpha value is -1.55. The summed E-state index contributed by atoms with van der Waals surface area (Å²) >= 11 is 3.70. The maximum absolute atomic E-state index is 12.6. The molecule has 140 valence electrons. The van der Waals surface area contributed by atoms with E-state index in [9.17, 15) is 4.79 Å². The van der Waals surface area contributed by atoms with Gasteiger partial charge in [0.15, 0.2) is 0 Å². The second-order valence-corrected chi connectivity index (χ2v) is 8.75. The monoisotopic (exact) mass is 416 g/mol. The van der Waals surface area contributed by atoms with E-state index in [1.165, 1.54) is 22.0 Å². The van der Waals surface area contributed by atoms with Gasteiger partial charge in [-0.05, 0) is 62.5 Å². The molecule has 2 aliphatic rings. The molecule has 3 nitrogen and oxygen atoms in total. The van der Waals surface area contributed by atoms with Gasteiger partial charge in [-0.3, -0.25) is 4.79 Å². The van der Waals surface area contributed by atoms with E-state index in [2.05, 4.69) is 70.8 Å². The summed E-state index contributed by atoms with van der Waals surface area (Å²) in [6, 6.07) is 8.50. The van der Waals surface area contributed by atoms with Crippen molar-refractivity contribution in [1.29, 1.82) is 0 Å². The molecule has 26 heavy (non-hydrogen) atoms. The van der Waals surface area contributed by atoms with E-state index in [4.69, 9.17) is 0 Å². The molecule has 0 spiro atoms. The Labute approximate surface area is 165 Å². The zero-order valence-corrected chi connectivity index (χ0v) is 17.5. The number of carbonyl (C=O) groups excluding carboxylic acids is 1. The average Bonchev–Trinajstić information content (AvgIpc) is 2.62. The summed E-state index contributed by atoms with van der Waals surface area (Å²) in [7, 11) is 0. The largest absolute Gasteiger partial charge is 0.359 e. The van der Waals surface area contributed by atoms with Crippen LogP contribution in [0, 0.1) is 0 Å². The number of likely N-dealkylation sites (tertiary alicyclic amines) is 1. The minimum Gasteiger partial charge on any atom is -0.359 e. The zero-order valence-electron chi connectivity index (χ0n) is 15.9. The lowest BCUT2D eigenvalue weighted by Gasteiger charge is -2.41. The smallest absolute Gasteiger partial charge is 0.252 e. The van der Waals surface area contributed by atoms with E-state index in [0.29, 0.717) is 0 Å². The number of hydrogen-bond acceptors (Lipinski definition) is 2. The molecule has 1 N–H and O–H groups in total. The van der Waals surface area contributed by atoms with Crippen LogP contribution in [-0.4, -0.2) is 23.9 Å². The second kappa shape index (κ2) is 7.99. The molecule has 4 heteroatoms. The first-order valence-electron chi connectivity index (χ1n) is 9.59. The van der Waals surface area contributed by atoms with Crippen molar-refractivity contribution < 1.29 is 4.79 Å². The summed E-state index contributed by atoms with van der Waals surface area (Å²) in [5, 5.41) is 3.05. The molecule has 3 rings (SSSR count). The number of nitrogens with one attached hydrogen (secondary N) is 1. The van der Waals surface area contributed by atoms with Crippen LogP contribution in [0.4, 0.5) is 0 Å². The van der Waals surface area contributed by atoms with Gasteiger partial charge in [-0.15, -0.1) is 0 Å². The summed E-state index contributed by atoms with van der Waals surface area (Å²) in [6.45, 7) is 10.4. The summed E-state index contributed by atoms with van der Waals surface area (Å²) in [6.07, 6.45) is 6.34. The number of carbonyl (C=O) groups is 1. The van der Waals surface area contributed by atoms with Crippen molar-refractivity contribution in [3.05, 3.63) is 57.8 Å². The summed E-state index contributed by atoms with van der Waals surface area (Å²) in [5.41, 5.74) is 3.73. The minimum absolute atomic E-state index is 0.0475. The number of halogens is 1. The van der Waals surface area contributed by atoms with E-state index in [-0.39, 0.29) is 11.3 Å². The fourth-order valence-corrected chi connectivity index (χ4v) is 4.90. The molecule has 1 heterocycles. The maximum atomic E-state index is 12.6. The first-order valence-corrected chi connectivity index (χ1v) is 10.4. The number of benzene rings is 1. The molecule has 0 atom stereocenters. The van der Waals surface area contributed by atoms with Gasteiger partial charge in [0.05, 0.1) is 0 Å². The normalized spacial score (nSPS) is 20.0. The molecule has 1 aliphatic heterocycles. The van der Waals surface area contributed by atoms with E-state index in [1.54, 1.807) is 0 Å². The van der Waals surface area contributed by atoms with E-state index in [1.807, 2.05) is 0 Å². The van der Waals surface area contributed by atoms with Gasteiger partial charge >= 0.3 is 0 Å². The molecule has 1 aliphatic carbocycles. The Morgan fingerprint density at radius 2 is 1.85 bits per heavy atom. The summed E-state index contributed by atoms with van der Waals surface area (Å²) < 4.78 is 1.18.